The normalized spacial score (nSPS) is 22.3. The standard InChI is InChI=1S/C34H44FN5O6/c1-20(2)26-18-39(33(44)30-21(3)16-28(46-34(30)45)23-10-13-36-14-11-23)19-29(41)37-12-4-6-22-8-9-25(35)24(17-22)32(43)40-15-5-7-27(40)31(42)38-26/h8-9,16-17,20,23,26-27,36H,4-7,10-15,18-19H2,1-3H3,(H,37,41)(H,38,42)/t26-,27-/m0/s1. The van der Waals surface area contributed by atoms with Gasteiger partial charge in [-0.05, 0) is 93.8 Å². The van der Waals surface area contributed by atoms with Gasteiger partial charge in [0, 0.05) is 31.6 Å². The second kappa shape index (κ2) is 14.6. The Morgan fingerprint density at radius 3 is 2.50 bits per heavy atom. The maximum atomic E-state index is 14.8. The van der Waals surface area contributed by atoms with Gasteiger partial charge in [0.15, 0.2) is 0 Å². The van der Waals surface area contributed by atoms with Crippen molar-refractivity contribution in [3.63, 3.8) is 0 Å². The average molecular weight is 638 g/mol. The lowest BCUT2D eigenvalue weighted by Gasteiger charge is -2.32. The first-order chi connectivity index (χ1) is 22.0. The number of piperidine rings is 1. The van der Waals surface area contributed by atoms with Gasteiger partial charge in [0.2, 0.25) is 11.8 Å². The topological polar surface area (TPSA) is 141 Å². The van der Waals surface area contributed by atoms with E-state index in [9.17, 15) is 28.4 Å². The average Bonchev–Trinajstić information content (AvgIpc) is 3.52. The van der Waals surface area contributed by atoms with E-state index in [-0.39, 0.29) is 42.6 Å². The van der Waals surface area contributed by atoms with Crippen molar-refractivity contribution in [1.82, 2.24) is 25.8 Å². The monoisotopic (exact) mass is 637 g/mol. The predicted octanol–water partition coefficient (Wildman–Crippen LogP) is 2.50. The van der Waals surface area contributed by atoms with Crippen LogP contribution in [0.1, 0.15) is 89.5 Å². The van der Waals surface area contributed by atoms with Gasteiger partial charge in [-0.3, -0.25) is 19.2 Å². The number of benzene rings is 1. The first-order valence-corrected chi connectivity index (χ1v) is 16.3. The molecule has 2 fully saturated rings. The van der Waals surface area contributed by atoms with E-state index in [2.05, 4.69) is 16.0 Å². The van der Waals surface area contributed by atoms with Crippen molar-refractivity contribution in [2.75, 3.05) is 39.3 Å². The largest absolute Gasteiger partial charge is 0.427 e. The minimum atomic E-state index is -0.809. The SMILES string of the molecule is Cc1cc(C2CCNCC2)oc(=O)c1C(=O)N1CC(=O)NCCCc2ccc(F)c(c2)C(=O)N2CCC[C@H]2C(=O)N[C@H](C(C)C)C1. The van der Waals surface area contributed by atoms with Crippen LogP contribution in [0.4, 0.5) is 4.39 Å². The number of carbonyl (C=O) groups is 4. The smallest absolute Gasteiger partial charge is 0.349 e. The van der Waals surface area contributed by atoms with Gasteiger partial charge in [0.25, 0.3) is 11.8 Å². The minimum Gasteiger partial charge on any atom is -0.427 e. The summed E-state index contributed by atoms with van der Waals surface area (Å²) in [5.74, 6) is -2.22. The van der Waals surface area contributed by atoms with E-state index in [0.29, 0.717) is 43.6 Å². The van der Waals surface area contributed by atoms with Crippen molar-refractivity contribution in [2.24, 2.45) is 5.92 Å². The van der Waals surface area contributed by atoms with Crippen LogP contribution in [0.2, 0.25) is 0 Å². The molecule has 1 aromatic heterocycles. The third kappa shape index (κ3) is 7.49. The molecule has 2 bridgehead atoms. The van der Waals surface area contributed by atoms with Crippen LogP contribution < -0.4 is 21.6 Å². The highest BCUT2D eigenvalue weighted by Crippen LogP contribution is 2.26. The van der Waals surface area contributed by atoms with Gasteiger partial charge in [0.1, 0.15) is 23.2 Å². The van der Waals surface area contributed by atoms with Gasteiger partial charge in [-0.15, -0.1) is 0 Å². The molecule has 11 nitrogen and oxygen atoms in total. The fourth-order valence-corrected chi connectivity index (χ4v) is 6.59. The Kier molecular flexibility index (Phi) is 10.6. The highest BCUT2D eigenvalue weighted by molar-refractivity contribution is 5.99. The zero-order valence-electron chi connectivity index (χ0n) is 26.8. The zero-order valence-corrected chi connectivity index (χ0v) is 26.8. The quantitative estimate of drug-likeness (QED) is 0.470. The second-order valence-electron chi connectivity index (χ2n) is 13.0. The van der Waals surface area contributed by atoms with E-state index in [1.807, 2.05) is 13.8 Å². The van der Waals surface area contributed by atoms with E-state index in [0.717, 1.165) is 31.5 Å². The van der Waals surface area contributed by atoms with Gasteiger partial charge in [-0.2, -0.15) is 0 Å². The first-order valence-electron chi connectivity index (χ1n) is 16.3. The van der Waals surface area contributed by atoms with Gasteiger partial charge in [-0.1, -0.05) is 19.9 Å². The Morgan fingerprint density at radius 1 is 1.02 bits per heavy atom. The molecule has 248 valence electrons. The molecule has 2 saturated heterocycles. The summed E-state index contributed by atoms with van der Waals surface area (Å²) in [4.78, 5) is 70.4. The Hall–Kier alpha value is -4.06. The molecule has 3 N–H and O–H groups in total. The van der Waals surface area contributed by atoms with Crippen LogP contribution in [0.15, 0.2) is 33.5 Å². The number of nitrogens with zero attached hydrogens (tertiary/aromatic N) is 2. The summed E-state index contributed by atoms with van der Waals surface area (Å²) in [6, 6.07) is 4.71. The molecule has 0 spiro atoms. The highest BCUT2D eigenvalue weighted by Gasteiger charge is 2.37. The molecule has 3 aliphatic heterocycles. The maximum absolute atomic E-state index is 14.8. The molecule has 1 aromatic carbocycles. The molecule has 4 heterocycles. The van der Waals surface area contributed by atoms with E-state index in [1.54, 1.807) is 19.1 Å². The fourth-order valence-electron chi connectivity index (χ4n) is 6.59. The van der Waals surface area contributed by atoms with Crippen LogP contribution >= 0.6 is 0 Å². The lowest BCUT2D eigenvalue weighted by atomic mass is 9.94. The predicted molar refractivity (Wildman–Crippen MR) is 169 cm³/mol. The summed E-state index contributed by atoms with van der Waals surface area (Å²) >= 11 is 0. The Morgan fingerprint density at radius 2 is 1.78 bits per heavy atom. The molecule has 5 rings (SSSR count). The Bertz CT molecular complexity index is 1530. The molecule has 0 aliphatic carbocycles. The molecule has 4 amide bonds. The number of rotatable bonds is 3. The van der Waals surface area contributed by atoms with Crippen molar-refractivity contribution in [1.29, 1.82) is 0 Å². The zero-order chi connectivity index (χ0) is 33.0. The minimum absolute atomic E-state index is 0.0549. The summed E-state index contributed by atoms with van der Waals surface area (Å²) in [5, 5.41) is 9.12. The van der Waals surface area contributed by atoms with Crippen LogP contribution in [0.5, 0.6) is 0 Å². The summed E-state index contributed by atoms with van der Waals surface area (Å²) in [5.41, 5.74) is 0.233. The van der Waals surface area contributed by atoms with E-state index >= 15 is 0 Å². The molecule has 0 saturated carbocycles. The van der Waals surface area contributed by atoms with Gasteiger partial charge in [-0.25, -0.2) is 9.18 Å². The summed E-state index contributed by atoms with van der Waals surface area (Å²) in [7, 11) is 0. The second-order valence-corrected chi connectivity index (χ2v) is 13.0. The number of hydrogen-bond donors (Lipinski definition) is 3. The summed E-state index contributed by atoms with van der Waals surface area (Å²) < 4.78 is 20.5. The number of aryl methyl sites for hydroxylation is 2. The summed E-state index contributed by atoms with van der Waals surface area (Å²) in [6.07, 6.45) is 3.64. The Balaban J connectivity index is 1.45. The van der Waals surface area contributed by atoms with Gasteiger partial charge >= 0.3 is 5.63 Å². The van der Waals surface area contributed by atoms with Crippen molar-refractivity contribution in [3.05, 3.63) is 68.5 Å². The molecule has 46 heavy (non-hydrogen) atoms. The van der Waals surface area contributed by atoms with Crippen LogP contribution in [-0.2, 0) is 16.0 Å². The van der Waals surface area contributed by atoms with Crippen LogP contribution in [0.3, 0.4) is 0 Å². The molecule has 0 unspecified atom stereocenters. The number of halogens is 1. The molecule has 2 aromatic rings. The molecule has 0 radical (unpaired) electrons. The highest BCUT2D eigenvalue weighted by atomic mass is 19.1. The molecule has 12 heteroatoms. The van der Waals surface area contributed by atoms with E-state index in [1.165, 1.54) is 21.9 Å². The lowest BCUT2D eigenvalue weighted by molar-refractivity contribution is -0.126. The van der Waals surface area contributed by atoms with Crippen LogP contribution in [0, 0.1) is 18.7 Å². The van der Waals surface area contributed by atoms with Crippen molar-refractivity contribution >= 4 is 23.6 Å². The van der Waals surface area contributed by atoms with Crippen molar-refractivity contribution in [2.45, 2.75) is 77.3 Å². The van der Waals surface area contributed by atoms with E-state index in [4.69, 9.17) is 4.42 Å². The molecular formula is C34H44FN5O6. The van der Waals surface area contributed by atoms with Crippen molar-refractivity contribution in [3.8, 4) is 0 Å². The first kappa shape index (κ1) is 33.3. The maximum Gasteiger partial charge on any atom is 0.349 e. The number of carbonyl (C=O) groups excluding carboxylic acids is 4. The Labute approximate surface area is 268 Å². The molecular weight excluding hydrogens is 593 g/mol. The number of nitrogens with one attached hydrogen (secondary N) is 3. The number of hydrogen-bond acceptors (Lipinski definition) is 7. The lowest BCUT2D eigenvalue weighted by Crippen LogP contribution is -2.55. The van der Waals surface area contributed by atoms with Gasteiger partial charge < -0.3 is 30.2 Å². The molecule has 3 aliphatic rings. The number of amides is 4. The third-order valence-corrected chi connectivity index (χ3v) is 9.34. The van der Waals surface area contributed by atoms with Crippen LogP contribution in [0.25, 0.3) is 0 Å². The molecule has 2 atom stereocenters. The fraction of sp³-hybridized carbons (Fsp3) is 0.559. The van der Waals surface area contributed by atoms with Crippen molar-refractivity contribution < 1.29 is 28.0 Å². The summed E-state index contributed by atoms with van der Waals surface area (Å²) in [6.45, 7) is 7.29. The van der Waals surface area contributed by atoms with E-state index < -0.39 is 47.2 Å². The third-order valence-electron chi connectivity index (χ3n) is 9.34. The van der Waals surface area contributed by atoms with Crippen LogP contribution in [-0.4, -0.2) is 84.8 Å². The number of fused-ring (bicyclic) bond motifs is 3. The van der Waals surface area contributed by atoms with Gasteiger partial charge in [0.05, 0.1) is 12.1 Å².